The second-order valence-corrected chi connectivity index (χ2v) is 4.14. The van der Waals surface area contributed by atoms with E-state index in [-0.39, 0.29) is 24.0 Å². The summed E-state index contributed by atoms with van der Waals surface area (Å²) >= 11 is 0. The fourth-order valence-corrected chi connectivity index (χ4v) is 1.63. The lowest BCUT2D eigenvalue weighted by Crippen LogP contribution is -2.30. The van der Waals surface area contributed by atoms with Gasteiger partial charge in [0.05, 0.1) is 11.0 Å². The minimum absolute atomic E-state index is 0. The Labute approximate surface area is 124 Å². The Kier molecular flexibility index (Phi) is 4.94. The quantitative estimate of drug-likeness (QED) is 0.503. The molecule has 0 unspecified atom stereocenters. The first-order chi connectivity index (χ1) is 8.09. The lowest BCUT2D eigenvalue weighted by atomic mass is 10.3. The van der Waals surface area contributed by atoms with Crippen molar-refractivity contribution in [1.82, 2.24) is 14.5 Å². The van der Waals surface area contributed by atoms with Crippen LogP contribution in [-0.4, -0.2) is 34.5 Å². The number of guanidine groups is 1. The van der Waals surface area contributed by atoms with Gasteiger partial charge >= 0.3 is 0 Å². The highest BCUT2D eigenvalue weighted by Crippen LogP contribution is 2.14. The monoisotopic (exact) mass is 359 g/mol. The summed E-state index contributed by atoms with van der Waals surface area (Å²) in [4.78, 5) is 10.6. The zero-order valence-electron chi connectivity index (χ0n) is 10.8. The molecule has 0 aliphatic rings. The Bertz CT molecular complexity index is 559. The summed E-state index contributed by atoms with van der Waals surface area (Å²) in [5.41, 5.74) is 7.85. The van der Waals surface area contributed by atoms with Crippen LogP contribution in [0.3, 0.4) is 0 Å². The van der Waals surface area contributed by atoms with Crippen molar-refractivity contribution in [3.63, 3.8) is 0 Å². The molecule has 1 aromatic carbocycles. The lowest BCUT2D eigenvalue weighted by molar-refractivity contribution is 0.607. The molecule has 0 amide bonds. The molecule has 0 aliphatic carbocycles. The molecule has 1 aromatic heterocycles. The average Bonchev–Trinajstić information content (AvgIpc) is 2.64. The van der Waals surface area contributed by atoms with E-state index in [2.05, 4.69) is 9.98 Å². The third kappa shape index (κ3) is 2.92. The van der Waals surface area contributed by atoms with Crippen LogP contribution in [0.1, 0.15) is 5.82 Å². The highest BCUT2D eigenvalue weighted by molar-refractivity contribution is 14.0. The third-order valence-electron chi connectivity index (χ3n) is 2.72. The van der Waals surface area contributed by atoms with Crippen molar-refractivity contribution < 1.29 is 0 Å². The minimum Gasteiger partial charge on any atom is -0.370 e. The second-order valence-electron chi connectivity index (χ2n) is 4.14. The lowest BCUT2D eigenvalue weighted by Gasteiger charge is -2.10. The van der Waals surface area contributed by atoms with Gasteiger partial charge in [0.15, 0.2) is 5.96 Å². The van der Waals surface area contributed by atoms with Crippen molar-refractivity contribution in [2.75, 3.05) is 14.1 Å². The summed E-state index contributed by atoms with van der Waals surface area (Å²) in [6, 6.07) is 8.03. The van der Waals surface area contributed by atoms with Crippen LogP contribution in [0.4, 0.5) is 0 Å². The van der Waals surface area contributed by atoms with E-state index in [9.17, 15) is 0 Å². The fraction of sp³-hybridized carbons (Fsp3) is 0.333. The van der Waals surface area contributed by atoms with E-state index in [0.717, 1.165) is 16.9 Å². The Morgan fingerprint density at radius 3 is 2.67 bits per heavy atom. The van der Waals surface area contributed by atoms with Gasteiger partial charge in [-0.3, -0.25) is 0 Å². The third-order valence-corrected chi connectivity index (χ3v) is 2.72. The largest absolute Gasteiger partial charge is 0.370 e. The summed E-state index contributed by atoms with van der Waals surface area (Å²) in [6.07, 6.45) is 0. The van der Waals surface area contributed by atoms with Gasteiger partial charge in [-0.05, 0) is 12.1 Å². The zero-order chi connectivity index (χ0) is 12.4. The van der Waals surface area contributed by atoms with Crippen molar-refractivity contribution in [2.24, 2.45) is 17.8 Å². The van der Waals surface area contributed by atoms with Gasteiger partial charge < -0.3 is 15.2 Å². The normalized spacial score (nSPS) is 11.4. The summed E-state index contributed by atoms with van der Waals surface area (Å²) < 4.78 is 2.04. The predicted octanol–water partition coefficient (Wildman–Crippen LogP) is 1.57. The number of halogens is 1. The van der Waals surface area contributed by atoms with Crippen molar-refractivity contribution in [3.8, 4) is 0 Å². The standard InChI is InChI=1S/C12H17N5.HI/c1-16(2)12(13)14-8-11-15-9-6-4-5-7-10(9)17(11)3;/h4-7H,8H2,1-3H3,(H2,13,14);1H. The number of hydrogen-bond acceptors (Lipinski definition) is 2. The maximum atomic E-state index is 5.75. The highest BCUT2D eigenvalue weighted by Gasteiger charge is 2.06. The number of aromatic nitrogens is 2. The van der Waals surface area contributed by atoms with Crippen molar-refractivity contribution >= 4 is 41.0 Å². The van der Waals surface area contributed by atoms with Crippen LogP contribution < -0.4 is 5.73 Å². The van der Waals surface area contributed by atoms with Crippen LogP contribution in [0.15, 0.2) is 29.3 Å². The fourth-order valence-electron chi connectivity index (χ4n) is 1.63. The van der Waals surface area contributed by atoms with Crippen LogP contribution in [0.25, 0.3) is 11.0 Å². The summed E-state index contributed by atoms with van der Waals surface area (Å²) in [7, 11) is 5.73. The average molecular weight is 359 g/mol. The molecule has 1 heterocycles. The zero-order valence-corrected chi connectivity index (χ0v) is 13.1. The van der Waals surface area contributed by atoms with Gasteiger partial charge in [0.25, 0.3) is 0 Å². The molecule has 18 heavy (non-hydrogen) atoms. The van der Waals surface area contributed by atoms with Gasteiger partial charge in [-0.25, -0.2) is 9.98 Å². The molecule has 0 spiro atoms. The topological polar surface area (TPSA) is 59.4 Å². The van der Waals surface area contributed by atoms with E-state index in [1.807, 2.05) is 50.0 Å². The van der Waals surface area contributed by atoms with Crippen LogP contribution in [0.2, 0.25) is 0 Å². The van der Waals surface area contributed by atoms with E-state index in [0.29, 0.717) is 12.5 Å². The molecule has 6 heteroatoms. The predicted molar refractivity (Wildman–Crippen MR) is 85.1 cm³/mol. The Morgan fingerprint density at radius 1 is 1.39 bits per heavy atom. The first kappa shape index (κ1) is 14.7. The number of imidazole rings is 1. The maximum absolute atomic E-state index is 5.75. The summed E-state index contributed by atoms with van der Waals surface area (Å²) in [6.45, 7) is 0.495. The Morgan fingerprint density at radius 2 is 2.06 bits per heavy atom. The smallest absolute Gasteiger partial charge is 0.191 e. The van der Waals surface area contributed by atoms with Crippen molar-refractivity contribution in [1.29, 1.82) is 0 Å². The molecule has 0 fully saturated rings. The summed E-state index contributed by atoms with van der Waals surface area (Å²) in [5.74, 6) is 1.42. The number of rotatable bonds is 2. The summed E-state index contributed by atoms with van der Waals surface area (Å²) in [5, 5.41) is 0. The van der Waals surface area contributed by atoms with Crippen LogP contribution in [0, 0.1) is 0 Å². The van der Waals surface area contributed by atoms with Gasteiger partial charge in [0.2, 0.25) is 0 Å². The minimum atomic E-state index is 0. The van der Waals surface area contributed by atoms with Gasteiger partial charge in [0.1, 0.15) is 12.4 Å². The van der Waals surface area contributed by atoms with Crippen molar-refractivity contribution in [3.05, 3.63) is 30.1 Å². The van der Waals surface area contributed by atoms with Gasteiger partial charge in [-0.1, -0.05) is 12.1 Å². The van der Waals surface area contributed by atoms with E-state index < -0.39 is 0 Å². The van der Waals surface area contributed by atoms with Crippen LogP contribution in [-0.2, 0) is 13.6 Å². The first-order valence-electron chi connectivity index (χ1n) is 5.47. The van der Waals surface area contributed by atoms with Gasteiger partial charge in [-0.2, -0.15) is 0 Å². The Balaban J connectivity index is 0.00000162. The number of nitrogens with two attached hydrogens (primary N) is 1. The van der Waals surface area contributed by atoms with E-state index >= 15 is 0 Å². The first-order valence-corrected chi connectivity index (χ1v) is 5.47. The number of fused-ring (bicyclic) bond motifs is 1. The molecule has 2 N–H and O–H groups in total. The molecular formula is C12H18IN5. The molecule has 98 valence electrons. The molecular weight excluding hydrogens is 341 g/mol. The molecule has 0 radical (unpaired) electrons. The van der Waals surface area contributed by atoms with Gasteiger partial charge in [0, 0.05) is 21.1 Å². The number of aryl methyl sites for hydroxylation is 1. The molecule has 2 aromatic rings. The van der Waals surface area contributed by atoms with Crippen molar-refractivity contribution in [2.45, 2.75) is 6.54 Å². The molecule has 0 atom stereocenters. The number of aliphatic imine (C=N–C) groups is 1. The molecule has 5 nitrogen and oxygen atoms in total. The highest BCUT2D eigenvalue weighted by atomic mass is 127. The van der Waals surface area contributed by atoms with E-state index in [1.165, 1.54) is 0 Å². The number of benzene rings is 1. The van der Waals surface area contributed by atoms with Crippen LogP contribution in [0.5, 0.6) is 0 Å². The number of para-hydroxylation sites is 2. The number of hydrogen-bond donors (Lipinski definition) is 1. The maximum Gasteiger partial charge on any atom is 0.191 e. The van der Waals surface area contributed by atoms with Crippen LogP contribution >= 0.6 is 24.0 Å². The molecule has 0 saturated heterocycles. The molecule has 0 aliphatic heterocycles. The van der Waals surface area contributed by atoms with E-state index in [1.54, 1.807) is 4.90 Å². The molecule has 2 rings (SSSR count). The molecule has 0 saturated carbocycles. The van der Waals surface area contributed by atoms with E-state index in [4.69, 9.17) is 5.73 Å². The Hall–Kier alpha value is -1.31. The SMILES string of the molecule is CN(C)C(N)=NCc1nc2ccccc2n1C.I. The van der Waals surface area contributed by atoms with Gasteiger partial charge in [-0.15, -0.1) is 24.0 Å². The molecule has 0 bridgehead atoms. The number of nitrogens with zero attached hydrogens (tertiary/aromatic N) is 4. The second kappa shape index (κ2) is 6.03.